The zero-order chi connectivity index (χ0) is 12.2. The Morgan fingerprint density at radius 3 is 1.94 bits per heavy atom. The molecular weight excluding hydrogens is 247 g/mol. The van der Waals surface area contributed by atoms with E-state index in [4.69, 9.17) is 0 Å². The van der Waals surface area contributed by atoms with Gasteiger partial charge in [0.25, 0.3) is 0 Å². The predicted molar refractivity (Wildman–Crippen MR) is 74.5 cm³/mol. The summed E-state index contributed by atoms with van der Waals surface area (Å²) < 4.78 is 15.6. The zero-order valence-electron chi connectivity index (χ0n) is 10.5. The number of carbonyl (C=O) groups excluding carboxylic acids is 1. The molecule has 0 aromatic heterocycles. The van der Waals surface area contributed by atoms with Crippen LogP contribution in [-0.4, -0.2) is 45.5 Å². The van der Waals surface area contributed by atoms with Crippen LogP contribution in [-0.2, 0) is 20.1 Å². The molecule has 17 heavy (non-hydrogen) atoms. The molecule has 0 aliphatic carbocycles. The Hall–Kier alpha value is 0.620. The van der Waals surface area contributed by atoms with Gasteiger partial charge in [-0.2, -0.15) is 0 Å². The Morgan fingerprint density at radius 1 is 1.00 bits per heavy atom. The van der Waals surface area contributed by atoms with Crippen LogP contribution in [0.4, 0.5) is 0 Å². The predicted octanol–water partition coefficient (Wildman–Crippen LogP) is 2.71. The standard InChI is InChI=1S/C12H24O3S.Na.H/c1-3-4-5-6-7-8-9-10-11-16(14)15-12(2)13;;/h3-11H2,1-2H3;;. The summed E-state index contributed by atoms with van der Waals surface area (Å²) in [5.41, 5.74) is 0. The second-order valence-corrected chi connectivity index (χ2v) is 5.24. The van der Waals surface area contributed by atoms with Crippen molar-refractivity contribution in [2.24, 2.45) is 0 Å². The van der Waals surface area contributed by atoms with Crippen molar-refractivity contribution in [3.63, 3.8) is 0 Å². The van der Waals surface area contributed by atoms with Crippen molar-refractivity contribution in [1.82, 2.24) is 0 Å². The summed E-state index contributed by atoms with van der Waals surface area (Å²) in [5, 5.41) is 0. The van der Waals surface area contributed by atoms with Gasteiger partial charge in [0.1, 0.15) is 0 Å². The van der Waals surface area contributed by atoms with Crippen LogP contribution in [0.15, 0.2) is 0 Å². The minimum atomic E-state index is -1.41. The molecule has 0 amide bonds. The molecule has 0 aromatic rings. The Kier molecular flexibility index (Phi) is 17.2. The molecule has 0 heterocycles. The molecule has 3 nitrogen and oxygen atoms in total. The first-order chi connectivity index (χ1) is 7.66. The molecular formula is C12H25NaO3S. The molecule has 0 radical (unpaired) electrons. The van der Waals surface area contributed by atoms with Crippen LogP contribution >= 0.6 is 0 Å². The molecule has 0 spiro atoms. The molecule has 0 rings (SSSR count). The van der Waals surface area contributed by atoms with Crippen molar-refractivity contribution in [1.29, 1.82) is 0 Å². The van der Waals surface area contributed by atoms with E-state index in [1.54, 1.807) is 0 Å². The second-order valence-electron chi connectivity index (χ2n) is 4.06. The average molecular weight is 272 g/mol. The minimum absolute atomic E-state index is 0. The maximum absolute atomic E-state index is 11.1. The third-order valence-electron chi connectivity index (χ3n) is 2.37. The first-order valence-corrected chi connectivity index (χ1v) is 7.48. The summed E-state index contributed by atoms with van der Waals surface area (Å²) >= 11 is -1.41. The van der Waals surface area contributed by atoms with Crippen LogP contribution < -0.4 is 0 Å². The summed E-state index contributed by atoms with van der Waals surface area (Å²) in [6.45, 7) is 3.50. The van der Waals surface area contributed by atoms with Gasteiger partial charge in [0.2, 0.25) is 11.1 Å². The van der Waals surface area contributed by atoms with Gasteiger partial charge in [-0.05, 0) is 6.42 Å². The summed E-state index contributed by atoms with van der Waals surface area (Å²) in [5.74, 6) is 0.0204. The summed E-state index contributed by atoms with van der Waals surface area (Å²) in [4.78, 5) is 10.5. The van der Waals surface area contributed by atoms with Crippen molar-refractivity contribution >= 4 is 46.6 Å². The first-order valence-electron chi connectivity index (χ1n) is 6.24. The van der Waals surface area contributed by atoms with Crippen LogP contribution in [0.3, 0.4) is 0 Å². The maximum atomic E-state index is 11.1. The molecule has 0 saturated heterocycles. The van der Waals surface area contributed by atoms with E-state index in [0.717, 1.165) is 12.8 Å². The van der Waals surface area contributed by atoms with E-state index in [-0.39, 0.29) is 29.6 Å². The second kappa shape index (κ2) is 14.7. The molecule has 0 N–H and O–H groups in total. The van der Waals surface area contributed by atoms with Crippen molar-refractivity contribution in [3.8, 4) is 0 Å². The fourth-order valence-electron chi connectivity index (χ4n) is 1.53. The Morgan fingerprint density at radius 2 is 1.47 bits per heavy atom. The van der Waals surface area contributed by atoms with Gasteiger partial charge < -0.3 is 4.18 Å². The molecule has 0 fully saturated rings. The molecule has 5 heteroatoms. The number of carbonyl (C=O) groups is 1. The average Bonchev–Trinajstić information content (AvgIpc) is 2.21. The van der Waals surface area contributed by atoms with Gasteiger partial charge in [0, 0.05) is 6.92 Å². The van der Waals surface area contributed by atoms with Crippen molar-refractivity contribution in [3.05, 3.63) is 0 Å². The van der Waals surface area contributed by atoms with Gasteiger partial charge in [-0.15, -0.1) is 0 Å². The van der Waals surface area contributed by atoms with E-state index >= 15 is 0 Å². The molecule has 0 aliphatic heterocycles. The fourth-order valence-corrected chi connectivity index (χ4v) is 2.31. The van der Waals surface area contributed by atoms with Crippen LogP contribution in [0.5, 0.6) is 0 Å². The van der Waals surface area contributed by atoms with Crippen LogP contribution in [0.2, 0.25) is 0 Å². The molecule has 98 valence electrons. The van der Waals surface area contributed by atoms with Gasteiger partial charge in [0.15, 0.2) is 0 Å². The summed E-state index contributed by atoms with van der Waals surface area (Å²) in [6, 6.07) is 0. The fraction of sp³-hybridized carbons (Fsp3) is 0.917. The quantitative estimate of drug-likeness (QED) is 0.453. The van der Waals surface area contributed by atoms with Crippen LogP contribution in [0.1, 0.15) is 65.2 Å². The molecule has 0 bridgehead atoms. The normalized spacial score (nSPS) is 11.6. The zero-order valence-corrected chi connectivity index (χ0v) is 11.3. The summed E-state index contributed by atoms with van der Waals surface area (Å²) in [7, 11) is 0. The van der Waals surface area contributed by atoms with Gasteiger partial charge >= 0.3 is 35.5 Å². The number of unbranched alkanes of at least 4 members (excludes halogenated alkanes) is 7. The first kappa shape index (κ1) is 19.9. The van der Waals surface area contributed by atoms with Gasteiger partial charge in [-0.1, -0.05) is 51.9 Å². The third-order valence-corrected chi connectivity index (χ3v) is 3.42. The van der Waals surface area contributed by atoms with E-state index in [1.807, 2.05) is 0 Å². The van der Waals surface area contributed by atoms with Crippen molar-refractivity contribution < 1.29 is 13.2 Å². The van der Waals surface area contributed by atoms with Gasteiger partial charge in [-0.3, -0.25) is 4.79 Å². The van der Waals surface area contributed by atoms with E-state index in [1.165, 1.54) is 45.4 Å². The SMILES string of the molecule is CCCCCCCCCCS(=O)OC(C)=O.[NaH]. The molecule has 0 saturated carbocycles. The molecule has 1 unspecified atom stereocenters. The van der Waals surface area contributed by atoms with E-state index in [0.29, 0.717) is 5.75 Å². The Bertz CT molecular complexity index is 210. The topological polar surface area (TPSA) is 43.4 Å². The number of hydrogen-bond acceptors (Lipinski definition) is 3. The summed E-state index contributed by atoms with van der Waals surface area (Å²) in [6.07, 6.45) is 9.67. The molecule has 0 aromatic carbocycles. The van der Waals surface area contributed by atoms with Gasteiger partial charge in [-0.25, -0.2) is 4.21 Å². The van der Waals surface area contributed by atoms with Crippen molar-refractivity contribution in [2.45, 2.75) is 65.2 Å². The van der Waals surface area contributed by atoms with E-state index < -0.39 is 17.0 Å². The molecule has 1 atom stereocenters. The Labute approximate surface area is 130 Å². The Balaban J connectivity index is 0. The van der Waals surface area contributed by atoms with E-state index in [2.05, 4.69) is 11.1 Å². The molecule has 0 aliphatic rings. The van der Waals surface area contributed by atoms with Crippen molar-refractivity contribution in [2.75, 3.05) is 5.75 Å². The van der Waals surface area contributed by atoms with Gasteiger partial charge in [0.05, 0.1) is 5.75 Å². The third kappa shape index (κ3) is 16.6. The number of hydrogen-bond donors (Lipinski definition) is 0. The monoisotopic (exact) mass is 272 g/mol. The van der Waals surface area contributed by atoms with Crippen LogP contribution in [0, 0.1) is 0 Å². The van der Waals surface area contributed by atoms with Crippen LogP contribution in [0.25, 0.3) is 0 Å². The number of rotatable bonds is 10. The van der Waals surface area contributed by atoms with E-state index in [9.17, 15) is 9.00 Å².